The molecule has 9 nitrogen and oxygen atoms in total. The molecule has 1 aromatic heterocycles. The minimum absolute atomic E-state index is 0.00706. The molecule has 1 aliphatic rings. The second-order valence-electron chi connectivity index (χ2n) is 8.18. The minimum Gasteiger partial charge on any atom is -0.507 e. The van der Waals surface area contributed by atoms with Crippen LogP contribution in [0.2, 0.25) is 0 Å². The summed E-state index contributed by atoms with van der Waals surface area (Å²) >= 11 is 0. The molecule has 9 heteroatoms. The van der Waals surface area contributed by atoms with Crippen LogP contribution in [0.5, 0.6) is 11.5 Å². The highest BCUT2D eigenvalue weighted by molar-refractivity contribution is 6.46. The molecule has 1 aromatic carbocycles. The Kier molecular flexibility index (Phi) is 7.33. The van der Waals surface area contributed by atoms with Gasteiger partial charge in [0.25, 0.3) is 11.7 Å². The van der Waals surface area contributed by atoms with E-state index < -0.39 is 17.7 Å². The van der Waals surface area contributed by atoms with Gasteiger partial charge in [-0.25, -0.2) is 9.97 Å². The quantitative estimate of drug-likeness (QED) is 0.369. The Bertz CT molecular complexity index is 1100. The summed E-state index contributed by atoms with van der Waals surface area (Å²) in [5.74, 6) is -0.152. The zero-order valence-corrected chi connectivity index (χ0v) is 19.9. The fourth-order valence-electron chi connectivity index (χ4n) is 4.00. The first-order valence-corrected chi connectivity index (χ1v) is 10.6. The van der Waals surface area contributed by atoms with Crippen LogP contribution in [0.3, 0.4) is 0 Å². The van der Waals surface area contributed by atoms with E-state index >= 15 is 0 Å². The van der Waals surface area contributed by atoms with Crippen molar-refractivity contribution in [1.82, 2.24) is 19.8 Å². The van der Waals surface area contributed by atoms with Gasteiger partial charge in [-0.2, -0.15) is 0 Å². The summed E-state index contributed by atoms with van der Waals surface area (Å²) in [4.78, 5) is 38.2. The Morgan fingerprint density at radius 2 is 1.85 bits per heavy atom. The molecule has 0 bridgehead atoms. The lowest BCUT2D eigenvalue weighted by molar-refractivity contribution is -0.139. The van der Waals surface area contributed by atoms with Crippen molar-refractivity contribution in [2.45, 2.75) is 26.3 Å². The Morgan fingerprint density at radius 3 is 2.45 bits per heavy atom. The molecule has 0 saturated carbocycles. The summed E-state index contributed by atoms with van der Waals surface area (Å²) in [5.41, 5.74) is 1.47. The van der Waals surface area contributed by atoms with E-state index in [1.165, 1.54) is 25.3 Å². The van der Waals surface area contributed by atoms with Crippen molar-refractivity contribution in [2.24, 2.45) is 0 Å². The third-order valence-corrected chi connectivity index (χ3v) is 5.62. The first kappa shape index (κ1) is 24.2. The number of likely N-dealkylation sites (tertiary alicyclic amines) is 1. The molecule has 1 atom stereocenters. The summed E-state index contributed by atoms with van der Waals surface area (Å²) < 4.78 is 10.8. The van der Waals surface area contributed by atoms with Crippen LogP contribution in [0, 0.1) is 13.8 Å². The monoisotopic (exact) mass is 454 g/mol. The maximum absolute atomic E-state index is 13.2. The number of carbonyl (C=O) groups is 2. The predicted molar refractivity (Wildman–Crippen MR) is 123 cm³/mol. The van der Waals surface area contributed by atoms with Crippen molar-refractivity contribution in [3.8, 4) is 11.5 Å². The number of ether oxygens (including phenoxy) is 2. The number of hydrogen-bond acceptors (Lipinski definition) is 8. The van der Waals surface area contributed by atoms with Gasteiger partial charge in [0, 0.05) is 12.7 Å². The van der Waals surface area contributed by atoms with E-state index in [9.17, 15) is 14.7 Å². The molecule has 3 rings (SSSR count). The molecular weight excluding hydrogens is 424 g/mol. The zero-order valence-electron chi connectivity index (χ0n) is 19.9. The van der Waals surface area contributed by atoms with E-state index in [-0.39, 0.29) is 11.3 Å². The SMILES string of the molecule is COc1ccc([C@H]2C(=C(O)c3cnc(C)nc3C)C(=O)C(=O)N2CCCN(C)C)cc1OC. The van der Waals surface area contributed by atoms with Crippen LogP contribution < -0.4 is 9.47 Å². The lowest BCUT2D eigenvalue weighted by Gasteiger charge is -2.26. The molecular formula is C24H30N4O5. The number of benzene rings is 1. The molecule has 0 spiro atoms. The van der Waals surface area contributed by atoms with Gasteiger partial charge in [0.05, 0.1) is 37.1 Å². The molecule has 2 aromatic rings. The molecule has 1 aliphatic heterocycles. The highest BCUT2D eigenvalue weighted by Gasteiger charge is 2.46. The average Bonchev–Trinajstić information content (AvgIpc) is 3.03. The van der Waals surface area contributed by atoms with E-state index in [1.54, 1.807) is 32.0 Å². The molecule has 1 saturated heterocycles. The molecule has 0 aliphatic carbocycles. The molecule has 1 amide bonds. The van der Waals surface area contributed by atoms with Crippen LogP contribution in [0.1, 0.15) is 35.1 Å². The van der Waals surface area contributed by atoms with Crippen LogP contribution in [0.15, 0.2) is 30.0 Å². The summed E-state index contributed by atoms with van der Waals surface area (Å²) in [7, 11) is 6.94. The zero-order chi connectivity index (χ0) is 24.3. The number of rotatable bonds is 8. The number of hydrogen-bond donors (Lipinski definition) is 1. The third kappa shape index (κ3) is 4.83. The van der Waals surface area contributed by atoms with Gasteiger partial charge in [-0.1, -0.05) is 6.07 Å². The molecule has 2 heterocycles. The molecule has 1 N–H and O–H groups in total. The highest BCUT2D eigenvalue weighted by atomic mass is 16.5. The first-order valence-electron chi connectivity index (χ1n) is 10.6. The Morgan fingerprint density at radius 1 is 1.15 bits per heavy atom. The largest absolute Gasteiger partial charge is 0.507 e. The number of Topliss-reactive ketones (excluding diaryl/α,β-unsaturated/α-hetero) is 1. The predicted octanol–water partition coefficient (Wildman–Crippen LogP) is 2.48. The van der Waals surface area contributed by atoms with Gasteiger partial charge in [0.15, 0.2) is 11.5 Å². The first-order chi connectivity index (χ1) is 15.7. The van der Waals surface area contributed by atoms with Gasteiger partial charge >= 0.3 is 0 Å². The van der Waals surface area contributed by atoms with Gasteiger partial charge in [0.2, 0.25) is 0 Å². The van der Waals surface area contributed by atoms with Gasteiger partial charge in [-0.15, -0.1) is 0 Å². The Hall–Kier alpha value is -3.46. The third-order valence-electron chi connectivity index (χ3n) is 5.62. The van der Waals surface area contributed by atoms with E-state index in [2.05, 4.69) is 9.97 Å². The fourth-order valence-corrected chi connectivity index (χ4v) is 4.00. The van der Waals surface area contributed by atoms with Gasteiger partial charge < -0.3 is 24.4 Å². The van der Waals surface area contributed by atoms with Crippen molar-refractivity contribution in [3.63, 3.8) is 0 Å². The molecule has 33 heavy (non-hydrogen) atoms. The Labute approximate surface area is 193 Å². The number of aromatic nitrogens is 2. The van der Waals surface area contributed by atoms with Gasteiger partial charge in [-0.3, -0.25) is 9.59 Å². The fraction of sp³-hybridized carbons (Fsp3) is 0.417. The van der Waals surface area contributed by atoms with Crippen molar-refractivity contribution >= 4 is 17.4 Å². The van der Waals surface area contributed by atoms with E-state index in [4.69, 9.17) is 9.47 Å². The Balaban J connectivity index is 2.17. The van der Waals surface area contributed by atoms with Crippen LogP contribution >= 0.6 is 0 Å². The van der Waals surface area contributed by atoms with E-state index in [0.29, 0.717) is 47.1 Å². The minimum atomic E-state index is -0.785. The van der Waals surface area contributed by atoms with Crippen molar-refractivity contribution in [1.29, 1.82) is 0 Å². The second kappa shape index (κ2) is 9.99. The van der Waals surface area contributed by atoms with Crippen LogP contribution in [0.25, 0.3) is 5.76 Å². The van der Waals surface area contributed by atoms with E-state index in [0.717, 1.165) is 6.54 Å². The highest BCUT2D eigenvalue weighted by Crippen LogP contribution is 2.42. The molecule has 176 valence electrons. The van der Waals surface area contributed by atoms with Crippen LogP contribution in [-0.4, -0.2) is 78.0 Å². The number of aliphatic hydroxyl groups is 1. The maximum Gasteiger partial charge on any atom is 0.295 e. The summed E-state index contributed by atoms with van der Waals surface area (Å²) in [6.45, 7) is 4.56. The van der Waals surface area contributed by atoms with E-state index in [1.807, 2.05) is 19.0 Å². The summed E-state index contributed by atoms with van der Waals surface area (Å²) in [5, 5.41) is 11.2. The number of ketones is 1. The van der Waals surface area contributed by atoms with Crippen molar-refractivity contribution < 1.29 is 24.2 Å². The van der Waals surface area contributed by atoms with Crippen molar-refractivity contribution in [2.75, 3.05) is 41.4 Å². The summed E-state index contributed by atoms with van der Waals surface area (Å²) in [6, 6.07) is 4.42. The average molecular weight is 455 g/mol. The molecule has 1 fully saturated rings. The number of methoxy groups -OCH3 is 2. The number of amides is 1. The number of carbonyl (C=O) groups excluding carboxylic acids is 2. The van der Waals surface area contributed by atoms with Crippen LogP contribution in [0.4, 0.5) is 0 Å². The van der Waals surface area contributed by atoms with Gasteiger partial charge in [0.1, 0.15) is 11.6 Å². The van der Waals surface area contributed by atoms with Crippen molar-refractivity contribution in [3.05, 3.63) is 52.6 Å². The van der Waals surface area contributed by atoms with Gasteiger partial charge in [-0.05, 0) is 58.6 Å². The van der Waals surface area contributed by atoms with Crippen LogP contribution in [-0.2, 0) is 9.59 Å². The normalized spacial score (nSPS) is 17.7. The maximum atomic E-state index is 13.2. The molecule has 0 radical (unpaired) electrons. The lowest BCUT2D eigenvalue weighted by atomic mass is 9.95. The smallest absolute Gasteiger partial charge is 0.295 e. The number of aryl methyl sites for hydroxylation is 2. The standard InChI is InChI=1S/C24H30N4O5/c1-14-17(13-25-15(2)26-14)22(29)20-21(16-8-9-18(32-5)19(12-16)33-6)28(24(31)23(20)30)11-7-10-27(3)4/h8-9,12-13,21,29H,7,10-11H2,1-6H3/t21-/m0/s1. The molecule has 0 unspecified atom stereocenters. The number of nitrogens with zero attached hydrogens (tertiary/aromatic N) is 4. The summed E-state index contributed by atoms with van der Waals surface area (Å²) in [6.07, 6.45) is 2.13. The second-order valence-corrected chi connectivity index (χ2v) is 8.18. The topological polar surface area (TPSA) is 105 Å². The number of aliphatic hydroxyl groups excluding tert-OH is 1. The lowest BCUT2D eigenvalue weighted by Crippen LogP contribution is -2.32.